The highest BCUT2D eigenvalue weighted by atomic mass is 35.5. The van der Waals surface area contributed by atoms with E-state index in [2.05, 4.69) is 59.8 Å². The number of aromatic nitrogens is 2. The predicted molar refractivity (Wildman–Crippen MR) is 157 cm³/mol. The number of halogens is 1. The number of rotatable bonds is 8. The summed E-state index contributed by atoms with van der Waals surface area (Å²) in [6, 6.07) is 21.9. The van der Waals surface area contributed by atoms with Gasteiger partial charge >= 0.3 is 0 Å². The van der Waals surface area contributed by atoms with Crippen LogP contribution in [-0.4, -0.2) is 35.0 Å². The maximum Gasteiger partial charge on any atom is 0.174 e. The highest BCUT2D eigenvalue weighted by Gasteiger charge is 2.43. The first-order valence-corrected chi connectivity index (χ1v) is 13.4. The summed E-state index contributed by atoms with van der Waals surface area (Å²) in [5.41, 5.74) is 7.74. The first-order chi connectivity index (χ1) is 18.4. The highest BCUT2D eigenvalue weighted by Crippen LogP contribution is 2.46. The topological polar surface area (TPSA) is 51.6 Å². The Balaban J connectivity index is 1.64. The summed E-state index contributed by atoms with van der Waals surface area (Å²) in [4.78, 5) is 6.86. The predicted octanol–water partition coefficient (Wildman–Crippen LogP) is 6.65. The second-order valence-corrected chi connectivity index (χ2v) is 10.1. The molecule has 0 aliphatic carbocycles. The van der Waals surface area contributed by atoms with Gasteiger partial charge < -0.3 is 24.3 Å². The average molecular weight is 547 g/mol. The number of hydrogen-bond donors (Lipinski definition) is 1. The lowest BCUT2D eigenvalue weighted by Gasteiger charge is -2.29. The zero-order valence-electron chi connectivity index (χ0n) is 21.9. The molecule has 0 spiro atoms. The average Bonchev–Trinajstić information content (AvgIpc) is 3.37. The molecule has 1 N–H and O–H groups in total. The normalized spacial score (nSPS) is 17.1. The Kier molecular flexibility index (Phi) is 7.70. The summed E-state index contributed by atoms with van der Waals surface area (Å²) >= 11 is 12.6. The fourth-order valence-corrected chi connectivity index (χ4v) is 5.90. The molecule has 8 heteroatoms. The van der Waals surface area contributed by atoms with Gasteiger partial charge in [-0.15, -0.1) is 0 Å². The maximum absolute atomic E-state index is 6.68. The third kappa shape index (κ3) is 4.77. The summed E-state index contributed by atoms with van der Waals surface area (Å²) < 4.78 is 13.2. The summed E-state index contributed by atoms with van der Waals surface area (Å²) in [6.07, 6.45) is 1.82. The summed E-state index contributed by atoms with van der Waals surface area (Å²) in [7, 11) is 1.64. The molecule has 196 valence electrons. The number of benzene rings is 2. The summed E-state index contributed by atoms with van der Waals surface area (Å²) in [5.74, 6) is 0.613. The van der Waals surface area contributed by atoms with E-state index in [0.717, 1.165) is 17.1 Å². The molecule has 5 rings (SSSR count). The van der Waals surface area contributed by atoms with E-state index in [1.54, 1.807) is 7.11 Å². The van der Waals surface area contributed by atoms with Crippen LogP contribution in [0.2, 0.25) is 5.02 Å². The molecule has 2 aromatic carbocycles. The van der Waals surface area contributed by atoms with E-state index in [4.69, 9.17) is 38.3 Å². The Labute approximate surface area is 234 Å². The number of para-hydroxylation sites is 1. The molecule has 0 saturated carbocycles. The molecule has 2 atom stereocenters. The molecule has 4 aromatic rings. The molecule has 1 fully saturated rings. The SMILES string of the molecule is COCCOc1ccc(N2C(=S)N[C@@H](c3ccccn3)[C@H]2c2c(C)c(C)n(-c3ccccc3)c2C)cc1Cl. The van der Waals surface area contributed by atoms with Crippen LogP contribution in [-0.2, 0) is 4.74 Å². The van der Waals surface area contributed by atoms with Crippen LogP contribution in [0.5, 0.6) is 5.75 Å². The zero-order chi connectivity index (χ0) is 26.8. The second-order valence-electron chi connectivity index (χ2n) is 9.33. The van der Waals surface area contributed by atoms with Crippen molar-refractivity contribution >= 4 is 34.6 Å². The molecular weight excluding hydrogens is 516 g/mol. The molecule has 1 saturated heterocycles. The van der Waals surface area contributed by atoms with Crippen molar-refractivity contribution in [1.82, 2.24) is 14.9 Å². The molecule has 6 nitrogen and oxygen atoms in total. The summed E-state index contributed by atoms with van der Waals surface area (Å²) in [5, 5.41) is 4.71. The second kappa shape index (κ2) is 11.2. The lowest BCUT2D eigenvalue weighted by molar-refractivity contribution is 0.146. The number of methoxy groups -OCH3 is 1. The van der Waals surface area contributed by atoms with Crippen molar-refractivity contribution in [3.63, 3.8) is 0 Å². The third-order valence-corrected chi connectivity index (χ3v) is 7.76. The number of nitrogens with one attached hydrogen (secondary N) is 1. The first kappa shape index (κ1) is 26.2. The molecule has 0 bridgehead atoms. The van der Waals surface area contributed by atoms with Crippen LogP contribution in [0.1, 0.15) is 40.3 Å². The lowest BCUT2D eigenvalue weighted by atomic mass is 9.93. The summed E-state index contributed by atoms with van der Waals surface area (Å²) in [6.45, 7) is 7.45. The van der Waals surface area contributed by atoms with Gasteiger partial charge in [-0.2, -0.15) is 0 Å². The smallest absolute Gasteiger partial charge is 0.174 e. The van der Waals surface area contributed by atoms with Crippen molar-refractivity contribution in [2.75, 3.05) is 25.2 Å². The van der Waals surface area contributed by atoms with Gasteiger partial charge in [-0.3, -0.25) is 4.98 Å². The maximum atomic E-state index is 6.68. The molecule has 38 heavy (non-hydrogen) atoms. The molecule has 3 heterocycles. The highest BCUT2D eigenvalue weighted by molar-refractivity contribution is 7.80. The Hall–Kier alpha value is -3.39. The van der Waals surface area contributed by atoms with E-state index in [-0.39, 0.29) is 12.1 Å². The monoisotopic (exact) mass is 546 g/mol. The third-order valence-electron chi connectivity index (χ3n) is 7.15. The molecule has 2 aromatic heterocycles. The number of anilines is 1. The van der Waals surface area contributed by atoms with Crippen LogP contribution < -0.4 is 15.0 Å². The van der Waals surface area contributed by atoms with E-state index in [1.807, 2.05) is 48.7 Å². The molecule has 0 amide bonds. The quantitative estimate of drug-likeness (QED) is 0.197. The Morgan fingerprint density at radius 3 is 2.39 bits per heavy atom. The Bertz CT molecular complexity index is 1440. The van der Waals surface area contributed by atoms with Gasteiger partial charge in [0.25, 0.3) is 0 Å². The first-order valence-electron chi connectivity index (χ1n) is 12.6. The standard InChI is InChI=1S/C30H31ClN4O2S/c1-19-20(2)34(22-10-6-5-7-11-22)21(3)27(19)29-28(25-12-8-9-15-32-25)33-30(38)35(29)23-13-14-26(24(31)18-23)37-17-16-36-4/h5-15,18,28-29H,16-17H2,1-4H3,(H,33,38)/t28-,29+/m0/s1. The van der Waals surface area contributed by atoms with Gasteiger partial charge in [0.15, 0.2) is 5.11 Å². The van der Waals surface area contributed by atoms with E-state index in [1.165, 1.54) is 22.5 Å². The van der Waals surface area contributed by atoms with Crippen molar-refractivity contribution in [3.05, 3.63) is 106 Å². The molecule has 1 aliphatic heterocycles. The van der Waals surface area contributed by atoms with Crippen molar-refractivity contribution in [1.29, 1.82) is 0 Å². The minimum Gasteiger partial charge on any atom is -0.490 e. The Morgan fingerprint density at radius 1 is 0.947 bits per heavy atom. The zero-order valence-corrected chi connectivity index (χ0v) is 23.5. The number of nitrogens with zero attached hydrogens (tertiary/aromatic N) is 3. The Morgan fingerprint density at radius 2 is 1.71 bits per heavy atom. The molecular formula is C30H31ClN4O2S. The fourth-order valence-electron chi connectivity index (χ4n) is 5.32. The number of thiocarbonyl (C=S) groups is 1. The van der Waals surface area contributed by atoms with Crippen LogP contribution in [0, 0.1) is 20.8 Å². The minimum atomic E-state index is -0.150. The van der Waals surface area contributed by atoms with Gasteiger partial charge in [-0.1, -0.05) is 35.9 Å². The van der Waals surface area contributed by atoms with Gasteiger partial charge in [0, 0.05) is 41.6 Å². The fraction of sp³-hybridized carbons (Fsp3) is 0.267. The van der Waals surface area contributed by atoms with E-state index >= 15 is 0 Å². The van der Waals surface area contributed by atoms with Crippen LogP contribution in [0.15, 0.2) is 72.9 Å². The van der Waals surface area contributed by atoms with Crippen molar-refractivity contribution in [2.24, 2.45) is 0 Å². The van der Waals surface area contributed by atoms with Gasteiger partial charge in [0.1, 0.15) is 12.4 Å². The van der Waals surface area contributed by atoms with Crippen LogP contribution in [0.3, 0.4) is 0 Å². The number of pyridine rings is 1. The van der Waals surface area contributed by atoms with Crippen molar-refractivity contribution in [3.8, 4) is 11.4 Å². The van der Waals surface area contributed by atoms with E-state index in [9.17, 15) is 0 Å². The minimum absolute atomic E-state index is 0.141. The van der Waals surface area contributed by atoms with Crippen molar-refractivity contribution < 1.29 is 9.47 Å². The van der Waals surface area contributed by atoms with E-state index < -0.39 is 0 Å². The van der Waals surface area contributed by atoms with Crippen LogP contribution in [0.25, 0.3) is 5.69 Å². The molecule has 1 aliphatic rings. The number of hydrogen-bond acceptors (Lipinski definition) is 4. The van der Waals surface area contributed by atoms with Crippen LogP contribution >= 0.6 is 23.8 Å². The largest absolute Gasteiger partial charge is 0.490 e. The van der Waals surface area contributed by atoms with E-state index in [0.29, 0.717) is 29.1 Å². The van der Waals surface area contributed by atoms with Crippen molar-refractivity contribution in [2.45, 2.75) is 32.9 Å². The van der Waals surface area contributed by atoms with Crippen LogP contribution in [0.4, 0.5) is 5.69 Å². The molecule has 0 unspecified atom stereocenters. The van der Waals surface area contributed by atoms with Gasteiger partial charge in [-0.25, -0.2) is 0 Å². The molecule has 0 radical (unpaired) electrons. The van der Waals surface area contributed by atoms with Gasteiger partial charge in [-0.05, 0) is 81.0 Å². The van der Waals surface area contributed by atoms with Gasteiger partial charge in [0.2, 0.25) is 0 Å². The lowest BCUT2D eigenvalue weighted by Crippen LogP contribution is -2.29. The van der Waals surface area contributed by atoms with Gasteiger partial charge in [0.05, 0.1) is 29.4 Å². The number of ether oxygens (including phenoxy) is 2.